The number of rotatable bonds is 22. The predicted molar refractivity (Wildman–Crippen MR) is 230 cm³/mol. The van der Waals surface area contributed by atoms with Gasteiger partial charge in [0.15, 0.2) is 21.4 Å². The minimum atomic E-state index is -4.04. The van der Waals surface area contributed by atoms with Crippen LogP contribution >= 0.6 is 11.6 Å². The number of aliphatic hydroxyl groups is 1. The van der Waals surface area contributed by atoms with Gasteiger partial charge in [0.25, 0.3) is 0 Å². The first-order valence-corrected chi connectivity index (χ1v) is 23.3. The van der Waals surface area contributed by atoms with E-state index >= 15 is 0 Å². The second kappa shape index (κ2) is 19.9. The second-order valence-corrected chi connectivity index (χ2v) is 20.5. The zero-order valence-electron chi connectivity index (χ0n) is 35.7. The average Bonchev–Trinajstić information content (AvgIpc) is 3.57. The van der Waals surface area contributed by atoms with Gasteiger partial charge in [0.2, 0.25) is 11.8 Å². The number of halogens is 1. The van der Waals surface area contributed by atoms with Crippen molar-refractivity contribution in [2.24, 2.45) is 40.6 Å². The molecule has 1 aromatic heterocycles. The van der Waals surface area contributed by atoms with E-state index in [1.54, 1.807) is 30.3 Å². The number of aliphatic hydroxyl groups excluding tert-OH is 1. The average molecular weight is 872 g/mol. The number of aromatic nitrogens is 1. The van der Waals surface area contributed by atoms with Crippen LogP contribution in [0.2, 0.25) is 10.8 Å². The van der Waals surface area contributed by atoms with Crippen molar-refractivity contribution in [2.45, 2.75) is 134 Å². The van der Waals surface area contributed by atoms with Gasteiger partial charge in [-0.3, -0.25) is 24.2 Å². The fourth-order valence-corrected chi connectivity index (χ4v) is 10.9. The van der Waals surface area contributed by atoms with Crippen LogP contribution in [0.3, 0.4) is 0 Å². The minimum absolute atomic E-state index is 0.0167. The topological polar surface area (TPSA) is 230 Å². The molecule has 2 bridgehead atoms. The molecule has 2 amide bonds. The molecule has 330 valence electrons. The number of hydrogen-bond donors (Lipinski definition) is 5. The van der Waals surface area contributed by atoms with Gasteiger partial charge in [0.05, 0.1) is 46.1 Å². The molecule has 1 aliphatic heterocycles. The van der Waals surface area contributed by atoms with Gasteiger partial charge in [-0.25, -0.2) is 8.42 Å². The molecule has 60 heavy (non-hydrogen) atoms. The molecule has 17 heteroatoms. The highest BCUT2D eigenvalue weighted by molar-refractivity contribution is 7.91. The molecule has 10 atom stereocenters. The Morgan fingerprint density at radius 3 is 2.23 bits per heavy atom. The van der Waals surface area contributed by atoms with Crippen LogP contribution in [0.25, 0.3) is 11.3 Å². The number of hydrogen-bond acceptors (Lipinski definition) is 12. The van der Waals surface area contributed by atoms with Crippen molar-refractivity contribution in [3.05, 3.63) is 47.6 Å². The third-order valence-electron chi connectivity index (χ3n) is 13.2. The van der Waals surface area contributed by atoms with Crippen molar-refractivity contribution in [3.63, 3.8) is 0 Å². The summed E-state index contributed by atoms with van der Waals surface area (Å²) in [6.07, 6.45) is 3.23. The zero-order chi connectivity index (χ0) is 44.2. The first-order valence-electron chi connectivity index (χ1n) is 21.2. The maximum Gasteiger partial charge on any atom is 0.461 e. The summed E-state index contributed by atoms with van der Waals surface area (Å²) < 4.78 is 39.9. The van der Waals surface area contributed by atoms with Gasteiger partial charge in [-0.15, -0.1) is 0 Å². The Bertz CT molecular complexity index is 1950. The lowest BCUT2D eigenvalue weighted by Gasteiger charge is -2.64. The molecule has 4 aliphatic rings. The number of carbonyl (C=O) groups is 4. The van der Waals surface area contributed by atoms with Crippen molar-refractivity contribution in [3.8, 4) is 11.3 Å². The highest BCUT2D eigenvalue weighted by Crippen LogP contribution is 2.66. The van der Waals surface area contributed by atoms with E-state index in [2.05, 4.69) is 36.4 Å². The van der Waals surface area contributed by atoms with Gasteiger partial charge >= 0.3 is 7.12 Å². The maximum atomic E-state index is 13.8. The highest BCUT2D eigenvalue weighted by atomic mass is 35.5. The fraction of sp³-hybridized carbons (Fsp3) is 0.651. The van der Waals surface area contributed by atoms with Crippen LogP contribution < -0.4 is 22.1 Å². The summed E-state index contributed by atoms with van der Waals surface area (Å²) in [6.45, 7) is 11.9. The number of ketones is 2. The van der Waals surface area contributed by atoms with Crippen LogP contribution in [0.4, 0.5) is 0 Å². The predicted octanol–water partition coefficient (Wildman–Crippen LogP) is 4.29. The van der Waals surface area contributed by atoms with Gasteiger partial charge in [-0.05, 0) is 113 Å². The van der Waals surface area contributed by atoms with Crippen LogP contribution in [-0.2, 0) is 38.3 Å². The summed E-state index contributed by atoms with van der Waals surface area (Å²) in [4.78, 5) is 58.7. The maximum absolute atomic E-state index is 13.8. The Morgan fingerprint density at radius 1 is 0.933 bits per heavy atom. The molecule has 2 aromatic rings. The number of unbranched alkanes of at least 4 members (excludes halogenated alkanes) is 1. The van der Waals surface area contributed by atoms with Gasteiger partial charge in [-0.2, -0.15) is 0 Å². The van der Waals surface area contributed by atoms with Gasteiger partial charge in [0, 0.05) is 35.5 Å². The normalized spacial score (nSPS) is 24.8. The molecule has 2 heterocycles. The lowest BCUT2D eigenvalue weighted by atomic mass is 9.43. The Labute approximate surface area is 360 Å². The van der Waals surface area contributed by atoms with Crippen LogP contribution in [0.1, 0.15) is 92.9 Å². The third-order valence-corrected chi connectivity index (χ3v) is 15.3. The van der Waals surface area contributed by atoms with Crippen LogP contribution in [0.15, 0.2) is 47.5 Å². The number of pyridine rings is 1. The first-order chi connectivity index (χ1) is 28.2. The Balaban J connectivity index is 1.17. The third kappa shape index (κ3) is 10.9. The van der Waals surface area contributed by atoms with E-state index < -0.39 is 75.9 Å². The molecule has 3 saturated carbocycles. The molecule has 4 fully saturated rings. The zero-order valence-corrected chi connectivity index (χ0v) is 37.3. The summed E-state index contributed by atoms with van der Waals surface area (Å²) in [5.74, 6) is -4.12. The van der Waals surface area contributed by atoms with E-state index in [1.807, 2.05) is 6.92 Å². The van der Waals surface area contributed by atoms with E-state index in [1.165, 1.54) is 26.1 Å². The molecule has 0 radical (unpaired) electrons. The van der Waals surface area contributed by atoms with E-state index in [9.17, 15) is 32.7 Å². The number of benzene rings is 1. The van der Waals surface area contributed by atoms with Crippen molar-refractivity contribution in [1.82, 2.24) is 15.6 Å². The number of nitrogens with one attached hydrogen (secondary N) is 2. The summed E-state index contributed by atoms with van der Waals surface area (Å²) in [5.41, 5.74) is 12.5. The molecule has 1 aromatic carbocycles. The molecule has 1 saturated heterocycles. The Morgan fingerprint density at radius 2 is 1.63 bits per heavy atom. The summed E-state index contributed by atoms with van der Waals surface area (Å²) in [5, 5.41) is 16.5. The van der Waals surface area contributed by atoms with Crippen LogP contribution in [-0.4, -0.2) is 97.7 Å². The highest BCUT2D eigenvalue weighted by Gasteiger charge is 2.68. The number of sulfone groups is 1. The van der Waals surface area contributed by atoms with E-state index in [0.29, 0.717) is 48.4 Å². The van der Waals surface area contributed by atoms with E-state index in [-0.39, 0.29) is 53.8 Å². The standard InChI is InChI=1S/C43H63BClN5O9S/c1-25(40(54)49-34(9-7-8-17-46)35(52)20-26(2)44-58-38-22-30-21-37(42(30,4)5)43(38,6)59-44)19-36(53)39(27(3)51)50-41(55)29(16-18-47)24-60(56,57)32-14-15-33(48-23-32)28-10-12-31(45)13-11-28/h10-15,23,25-27,29-30,34,37-39,51H,7-9,16-22,24,46-47H2,1-6H3,(H,49,54)(H,50,55)/t25-,26-,27-,29-,30+,34+,37+,38-,39+,43+/m1/s1. The van der Waals surface area contributed by atoms with E-state index in [0.717, 1.165) is 18.4 Å². The number of nitrogens with two attached hydrogens (primary N) is 2. The van der Waals surface area contributed by atoms with Gasteiger partial charge < -0.3 is 36.5 Å². The molecule has 6 rings (SSSR count). The van der Waals surface area contributed by atoms with Crippen molar-refractivity contribution >= 4 is 51.9 Å². The summed E-state index contributed by atoms with van der Waals surface area (Å²) >= 11 is 5.97. The Hall–Kier alpha value is -3.25. The SMILES string of the molecule is C[C@H](CC(=O)[C@H](CCCCN)NC(=O)[C@H](C)CC(=O)[C@@H](NC(=O)[C@H](CCN)CS(=O)(=O)c1ccc(-c2ccc(Cl)cc2)nc1)[C@@H](C)O)B1O[C@@H]2C[C@@H]3C[C@@H](C3(C)C)[C@]2(C)O1. The fourth-order valence-electron chi connectivity index (χ4n) is 9.29. The quantitative estimate of drug-likeness (QED) is 0.0825. The summed E-state index contributed by atoms with van der Waals surface area (Å²) in [7, 11) is -4.58. The second-order valence-electron chi connectivity index (χ2n) is 18.1. The Kier molecular flexibility index (Phi) is 15.8. The van der Waals surface area contributed by atoms with Crippen LogP contribution in [0, 0.1) is 29.1 Å². The smallest absolute Gasteiger partial charge is 0.405 e. The molecule has 0 spiro atoms. The minimum Gasteiger partial charge on any atom is -0.405 e. The monoisotopic (exact) mass is 871 g/mol. The molecular weight excluding hydrogens is 809 g/mol. The molecule has 3 aliphatic carbocycles. The van der Waals surface area contributed by atoms with Crippen molar-refractivity contribution in [2.75, 3.05) is 18.8 Å². The van der Waals surface area contributed by atoms with E-state index in [4.69, 9.17) is 32.4 Å². The molecular formula is C43H63BClN5O9S. The number of Topliss-reactive ketones (excluding diaryl/α,β-unsaturated/α-hetero) is 2. The number of amides is 2. The molecule has 0 unspecified atom stereocenters. The van der Waals surface area contributed by atoms with Crippen molar-refractivity contribution in [1.29, 1.82) is 0 Å². The number of nitrogens with zero attached hydrogens (tertiary/aromatic N) is 1. The number of carbonyl (C=O) groups excluding carboxylic acids is 4. The largest absolute Gasteiger partial charge is 0.461 e. The van der Waals surface area contributed by atoms with Crippen molar-refractivity contribution < 1.29 is 42.0 Å². The lowest BCUT2D eigenvalue weighted by Crippen LogP contribution is -2.65. The summed E-state index contributed by atoms with van der Waals surface area (Å²) in [6, 6.07) is 7.60. The molecule has 7 N–H and O–H groups in total. The lowest BCUT2D eigenvalue weighted by molar-refractivity contribution is -0.199. The first kappa shape index (κ1) is 47.8. The molecule has 14 nitrogen and oxygen atoms in total. The van der Waals surface area contributed by atoms with Crippen LogP contribution in [0.5, 0.6) is 0 Å². The van der Waals surface area contributed by atoms with Gasteiger partial charge in [-0.1, -0.05) is 51.4 Å². The van der Waals surface area contributed by atoms with Gasteiger partial charge in [0.1, 0.15) is 6.04 Å².